The standard InChI is InChI=1S/C13H16N4O2/c14-11-4-3-9(18)8-10(11)13(19)17-5-1-2-12-15-6-7-16-12/h3-4,6-8,18H,1-2,5,14H2,(H,15,16)(H,17,19). The summed E-state index contributed by atoms with van der Waals surface area (Å²) in [4.78, 5) is 18.9. The number of phenolic OH excluding ortho intramolecular Hbond substituents is 1. The highest BCUT2D eigenvalue weighted by atomic mass is 16.3. The van der Waals surface area contributed by atoms with E-state index in [2.05, 4.69) is 15.3 Å². The molecule has 0 saturated carbocycles. The van der Waals surface area contributed by atoms with Gasteiger partial charge in [-0.15, -0.1) is 0 Å². The summed E-state index contributed by atoms with van der Waals surface area (Å²) in [5.41, 5.74) is 6.32. The smallest absolute Gasteiger partial charge is 0.253 e. The second-order valence-electron chi connectivity index (χ2n) is 4.17. The molecule has 19 heavy (non-hydrogen) atoms. The predicted molar refractivity (Wildman–Crippen MR) is 71.8 cm³/mol. The third kappa shape index (κ3) is 3.48. The molecular weight excluding hydrogens is 244 g/mol. The maximum absolute atomic E-state index is 11.9. The molecule has 6 nitrogen and oxygen atoms in total. The molecule has 2 aromatic rings. The number of carbonyl (C=O) groups is 1. The summed E-state index contributed by atoms with van der Waals surface area (Å²) in [6.07, 6.45) is 5.00. The number of aromatic amines is 1. The van der Waals surface area contributed by atoms with Gasteiger partial charge in [0.05, 0.1) is 5.56 Å². The Morgan fingerprint density at radius 1 is 1.47 bits per heavy atom. The molecule has 1 aromatic carbocycles. The van der Waals surface area contributed by atoms with E-state index in [0.717, 1.165) is 18.7 Å². The van der Waals surface area contributed by atoms with Crippen LogP contribution < -0.4 is 11.1 Å². The normalized spacial score (nSPS) is 10.3. The average molecular weight is 260 g/mol. The van der Waals surface area contributed by atoms with Gasteiger partial charge in [0.25, 0.3) is 5.91 Å². The van der Waals surface area contributed by atoms with Crippen LogP contribution in [0.2, 0.25) is 0 Å². The minimum Gasteiger partial charge on any atom is -0.508 e. The number of benzene rings is 1. The summed E-state index contributed by atoms with van der Waals surface area (Å²) in [6, 6.07) is 4.31. The predicted octanol–water partition coefficient (Wildman–Crippen LogP) is 1.06. The minimum absolute atomic E-state index is 0.0231. The van der Waals surface area contributed by atoms with Crippen molar-refractivity contribution in [3.63, 3.8) is 0 Å². The molecule has 0 bridgehead atoms. The van der Waals surface area contributed by atoms with Gasteiger partial charge in [-0.2, -0.15) is 0 Å². The van der Waals surface area contributed by atoms with E-state index >= 15 is 0 Å². The van der Waals surface area contributed by atoms with E-state index in [1.165, 1.54) is 18.2 Å². The van der Waals surface area contributed by atoms with Crippen molar-refractivity contribution >= 4 is 11.6 Å². The number of nitrogen functional groups attached to an aromatic ring is 1. The monoisotopic (exact) mass is 260 g/mol. The van der Waals surface area contributed by atoms with E-state index in [0.29, 0.717) is 12.2 Å². The Morgan fingerprint density at radius 2 is 2.32 bits per heavy atom. The number of nitrogens with one attached hydrogen (secondary N) is 2. The van der Waals surface area contributed by atoms with Crippen molar-refractivity contribution in [1.82, 2.24) is 15.3 Å². The van der Waals surface area contributed by atoms with Gasteiger partial charge in [-0.25, -0.2) is 4.98 Å². The molecule has 1 amide bonds. The maximum Gasteiger partial charge on any atom is 0.253 e. The number of aryl methyl sites for hydroxylation is 1. The fourth-order valence-electron chi connectivity index (χ4n) is 1.73. The zero-order chi connectivity index (χ0) is 13.7. The molecule has 0 aliphatic carbocycles. The van der Waals surface area contributed by atoms with Crippen LogP contribution in [0, 0.1) is 0 Å². The molecule has 6 heteroatoms. The summed E-state index contributed by atoms with van der Waals surface area (Å²) in [5, 5.41) is 12.1. The number of hydrogen-bond donors (Lipinski definition) is 4. The van der Waals surface area contributed by atoms with E-state index in [9.17, 15) is 9.90 Å². The van der Waals surface area contributed by atoms with Gasteiger partial charge in [-0.3, -0.25) is 4.79 Å². The van der Waals surface area contributed by atoms with E-state index < -0.39 is 0 Å². The Labute approximate surface area is 110 Å². The highest BCUT2D eigenvalue weighted by molar-refractivity contribution is 5.99. The number of nitrogens with zero attached hydrogens (tertiary/aromatic N) is 1. The van der Waals surface area contributed by atoms with Crippen LogP contribution in [-0.4, -0.2) is 27.5 Å². The van der Waals surface area contributed by atoms with Crippen LogP contribution in [0.5, 0.6) is 5.75 Å². The molecule has 0 unspecified atom stereocenters. The molecule has 0 atom stereocenters. The summed E-state index contributed by atoms with van der Waals surface area (Å²) >= 11 is 0. The maximum atomic E-state index is 11.9. The lowest BCUT2D eigenvalue weighted by atomic mass is 10.1. The van der Waals surface area contributed by atoms with E-state index in [1.54, 1.807) is 12.4 Å². The number of nitrogens with two attached hydrogens (primary N) is 1. The lowest BCUT2D eigenvalue weighted by Crippen LogP contribution is -2.25. The van der Waals surface area contributed by atoms with Gasteiger partial charge >= 0.3 is 0 Å². The Balaban J connectivity index is 1.82. The molecule has 0 aliphatic rings. The number of carbonyl (C=O) groups excluding carboxylic acids is 1. The number of rotatable bonds is 5. The highest BCUT2D eigenvalue weighted by Crippen LogP contribution is 2.18. The van der Waals surface area contributed by atoms with Crippen LogP contribution in [0.1, 0.15) is 22.6 Å². The molecular formula is C13H16N4O2. The molecule has 0 fully saturated rings. The van der Waals surface area contributed by atoms with Gasteiger partial charge in [0.2, 0.25) is 0 Å². The second kappa shape index (κ2) is 5.90. The van der Waals surface area contributed by atoms with Crippen molar-refractivity contribution in [1.29, 1.82) is 0 Å². The summed E-state index contributed by atoms with van der Waals surface area (Å²) in [7, 11) is 0. The third-order valence-corrected chi connectivity index (χ3v) is 2.71. The quantitative estimate of drug-likeness (QED) is 0.366. The molecule has 0 saturated heterocycles. The Hall–Kier alpha value is -2.50. The number of aromatic nitrogens is 2. The molecule has 0 spiro atoms. The van der Waals surface area contributed by atoms with Crippen LogP contribution in [0.3, 0.4) is 0 Å². The lowest BCUT2D eigenvalue weighted by Gasteiger charge is -2.07. The SMILES string of the molecule is Nc1ccc(O)cc1C(=O)NCCCc1ncc[nH]1. The average Bonchev–Trinajstić information content (AvgIpc) is 2.90. The first kappa shape index (κ1) is 12.9. The van der Waals surface area contributed by atoms with Crippen LogP contribution in [0.15, 0.2) is 30.6 Å². The van der Waals surface area contributed by atoms with E-state index in [-0.39, 0.29) is 17.2 Å². The van der Waals surface area contributed by atoms with E-state index in [1.807, 2.05) is 0 Å². The first-order valence-corrected chi connectivity index (χ1v) is 6.02. The topological polar surface area (TPSA) is 104 Å². The molecule has 1 heterocycles. The first-order valence-electron chi connectivity index (χ1n) is 6.02. The largest absolute Gasteiger partial charge is 0.508 e. The number of H-pyrrole nitrogens is 1. The summed E-state index contributed by atoms with van der Waals surface area (Å²) < 4.78 is 0. The number of imidazole rings is 1. The van der Waals surface area contributed by atoms with Crippen molar-refractivity contribution in [2.24, 2.45) is 0 Å². The number of hydrogen-bond acceptors (Lipinski definition) is 4. The summed E-state index contributed by atoms with van der Waals surface area (Å²) in [6.45, 7) is 0.522. The lowest BCUT2D eigenvalue weighted by molar-refractivity contribution is 0.0953. The van der Waals surface area contributed by atoms with Crippen LogP contribution in [-0.2, 0) is 6.42 Å². The van der Waals surface area contributed by atoms with Gasteiger partial charge in [0.1, 0.15) is 11.6 Å². The molecule has 5 N–H and O–H groups in total. The van der Waals surface area contributed by atoms with E-state index in [4.69, 9.17) is 5.73 Å². The Kier molecular flexibility index (Phi) is 4.02. The zero-order valence-electron chi connectivity index (χ0n) is 10.4. The highest BCUT2D eigenvalue weighted by Gasteiger charge is 2.09. The zero-order valence-corrected chi connectivity index (χ0v) is 10.4. The second-order valence-corrected chi connectivity index (χ2v) is 4.17. The van der Waals surface area contributed by atoms with Gasteiger partial charge in [0, 0.05) is 31.0 Å². The number of aromatic hydroxyl groups is 1. The fraction of sp³-hybridized carbons (Fsp3) is 0.231. The fourth-order valence-corrected chi connectivity index (χ4v) is 1.73. The number of phenols is 1. The van der Waals surface area contributed by atoms with Crippen molar-refractivity contribution < 1.29 is 9.90 Å². The van der Waals surface area contributed by atoms with Gasteiger partial charge < -0.3 is 21.1 Å². The Morgan fingerprint density at radius 3 is 3.05 bits per heavy atom. The van der Waals surface area contributed by atoms with Gasteiger partial charge in [-0.1, -0.05) is 0 Å². The van der Waals surface area contributed by atoms with Crippen LogP contribution in [0.4, 0.5) is 5.69 Å². The first-order chi connectivity index (χ1) is 9.16. The third-order valence-electron chi connectivity index (χ3n) is 2.71. The van der Waals surface area contributed by atoms with Crippen molar-refractivity contribution in [3.05, 3.63) is 42.0 Å². The van der Waals surface area contributed by atoms with Crippen LogP contribution >= 0.6 is 0 Å². The number of amides is 1. The van der Waals surface area contributed by atoms with Crippen molar-refractivity contribution in [3.8, 4) is 5.75 Å². The summed E-state index contributed by atoms with van der Waals surface area (Å²) in [5.74, 6) is 0.633. The molecule has 0 radical (unpaired) electrons. The van der Waals surface area contributed by atoms with Crippen LogP contribution in [0.25, 0.3) is 0 Å². The molecule has 1 aromatic heterocycles. The molecule has 0 aliphatic heterocycles. The number of anilines is 1. The van der Waals surface area contributed by atoms with Gasteiger partial charge in [-0.05, 0) is 24.6 Å². The van der Waals surface area contributed by atoms with Crippen molar-refractivity contribution in [2.75, 3.05) is 12.3 Å². The minimum atomic E-state index is -0.284. The Bertz CT molecular complexity index is 552. The molecule has 100 valence electrons. The molecule has 2 rings (SSSR count). The van der Waals surface area contributed by atoms with Gasteiger partial charge in [0.15, 0.2) is 0 Å². The van der Waals surface area contributed by atoms with Crippen molar-refractivity contribution in [2.45, 2.75) is 12.8 Å².